The molecule has 5 rings (SSSR count). The van der Waals surface area contributed by atoms with Gasteiger partial charge in [-0.15, -0.1) is 0 Å². The average Bonchev–Trinajstić information content (AvgIpc) is 3.13. The van der Waals surface area contributed by atoms with Gasteiger partial charge in [0.1, 0.15) is 0 Å². The predicted octanol–water partition coefficient (Wildman–Crippen LogP) is 7.69. The van der Waals surface area contributed by atoms with E-state index >= 15 is 0 Å². The fraction of sp³-hybridized carbons (Fsp3) is 0. The second-order valence-corrected chi connectivity index (χ2v) is 8.10. The zero-order valence-electron chi connectivity index (χ0n) is 15.6. The van der Waals surface area contributed by atoms with Crippen molar-refractivity contribution in [1.29, 1.82) is 0 Å². The Morgan fingerprint density at radius 1 is 0.700 bits per heavy atom. The summed E-state index contributed by atoms with van der Waals surface area (Å²) < 4.78 is 1.97. The fourth-order valence-corrected chi connectivity index (χ4v) is 4.01. The van der Waals surface area contributed by atoms with Crippen molar-refractivity contribution in [2.75, 3.05) is 0 Å². The molecule has 3 nitrogen and oxygen atoms in total. The van der Waals surface area contributed by atoms with Crippen LogP contribution in [-0.4, -0.2) is 14.4 Å². The fourth-order valence-electron chi connectivity index (χ4n) is 3.47. The third kappa shape index (κ3) is 3.46. The Labute approximate surface area is 188 Å². The lowest BCUT2D eigenvalue weighted by molar-refractivity contribution is 1.11. The lowest BCUT2D eigenvalue weighted by Crippen LogP contribution is -1.94. The highest BCUT2D eigenvalue weighted by Gasteiger charge is 2.19. The van der Waals surface area contributed by atoms with Gasteiger partial charge in [-0.05, 0) is 35.9 Å². The molecular weight excluding hydrogens is 437 g/mol. The third-order valence-electron chi connectivity index (χ3n) is 4.88. The molecule has 2 heterocycles. The van der Waals surface area contributed by atoms with Crippen LogP contribution in [-0.2, 0) is 0 Å². The minimum absolute atomic E-state index is 0.584. The summed E-state index contributed by atoms with van der Waals surface area (Å²) in [6.45, 7) is 0. The second kappa shape index (κ2) is 7.77. The molecule has 0 spiro atoms. The summed E-state index contributed by atoms with van der Waals surface area (Å²) in [4.78, 5) is 9.41. The zero-order valence-corrected chi connectivity index (χ0v) is 17.8. The first-order valence-electron chi connectivity index (χ1n) is 9.25. The molecule has 146 valence electrons. The van der Waals surface area contributed by atoms with Gasteiger partial charge in [-0.1, -0.05) is 77.3 Å². The molecule has 0 unspecified atom stereocenters. The first-order chi connectivity index (χ1) is 14.6. The third-order valence-corrected chi connectivity index (χ3v) is 5.70. The van der Waals surface area contributed by atoms with Gasteiger partial charge in [-0.3, -0.25) is 4.40 Å². The molecule has 0 aliphatic rings. The molecular formula is C24H14Cl3N3. The van der Waals surface area contributed by atoms with Crippen LogP contribution in [0.4, 0.5) is 0 Å². The van der Waals surface area contributed by atoms with E-state index in [0.717, 1.165) is 33.6 Å². The normalized spacial score (nSPS) is 11.2. The van der Waals surface area contributed by atoms with Gasteiger partial charge in [0.15, 0.2) is 0 Å². The van der Waals surface area contributed by atoms with E-state index in [2.05, 4.69) is 4.98 Å². The van der Waals surface area contributed by atoms with Gasteiger partial charge in [0, 0.05) is 44.2 Å². The van der Waals surface area contributed by atoms with Crippen LogP contribution in [0.1, 0.15) is 0 Å². The van der Waals surface area contributed by atoms with Crippen molar-refractivity contribution in [3.8, 4) is 33.6 Å². The number of fused-ring (bicyclic) bond motifs is 1. The van der Waals surface area contributed by atoms with Gasteiger partial charge in [-0.2, -0.15) is 0 Å². The Morgan fingerprint density at radius 3 is 2.27 bits per heavy atom. The number of hydrogen-bond acceptors (Lipinski definition) is 2. The Bertz CT molecular complexity index is 1370. The SMILES string of the molecule is Clc1ccc(-c2nc3ncc(-c4cccc(Cl)c4)cn3c2-c2ccccc2Cl)cc1. The van der Waals surface area contributed by atoms with E-state index in [9.17, 15) is 0 Å². The second-order valence-electron chi connectivity index (χ2n) is 6.82. The Morgan fingerprint density at radius 2 is 1.50 bits per heavy atom. The molecule has 0 N–H and O–H groups in total. The summed E-state index contributed by atoms with van der Waals surface area (Å²) in [6.07, 6.45) is 3.81. The molecule has 0 radical (unpaired) electrons. The molecule has 6 heteroatoms. The van der Waals surface area contributed by atoms with Crippen LogP contribution in [0, 0.1) is 0 Å². The standard InChI is InChI=1S/C24H14Cl3N3/c25-18-10-8-15(9-11-18)22-23(20-6-1-2-7-21(20)27)30-14-17(13-28-24(30)29-22)16-4-3-5-19(26)12-16/h1-14H. The van der Waals surface area contributed by atoms with Crippen molar-refractivity contribution < 1.29 is 0 Å². The Kier molecular flexibility index (Phi) is 4.95. The highest BCUT2D eigenvalue weighted by atomic mass is 35.5. The number of rotatable bonds is 3. The van der Waals surface area contributed by atoms with Crippen molar-refractivity contribution in [1.82, 2.24) is 14.4 Å². The van der Waals surface area contributed by atoms with Crippen LogP contribution in [0.25, 0.3) is 39.4 Å². The summed E-state index contributed by atoms with van der Waals surface area (Å²) in [7, 11) is 0. The molecule has 0 saturated carbocycles. The van der Waals surface area contributed by atoms with Crippen LogP contribution < -0.4 is 0 Å². The van der Waals surface area contributed by atoms with E-state index in [0.29, 0.717) is 20.8 Å². The Balaban J connectivity index is 1.81. The number of nitrogens with zero attached hydrogens (tertiary/aromatic N) is 3. The maximum Gasteiger partial charge on any atom is 0.234 e. The molecule has 0 atom stereocenters. The van der Waals surface area contributed by atoms with E-state index in [4.69, 9.17) is 39.8 Å². The summed E-state index contributed by atoms with van der Waals surface area (Å²) in [6, 6.07) is 23.0. The molecule has 0 aliphatic heterocycles. The van der Waals surface area contributed by atoms with Crippen LogP contribution in [0.15, 0.2) is 85.2 Å². The molecule has 5 aromatic rings. The molecule has 3 aromatic carbocycles. The van der Waals surface area contributed by atoms with Crippen LogP contribution >= 0.6 is 34.8 Å². The molecule has 0 amide bonds. The quantitative estimate of drug-likeness (QED) is 0.282. The summed E-state index contributed by atoms with van der Waals surface area (Å²) >= 11 is 18.9. The molecule has 0 bridgehead atoms. The average molecular weight is 451 g/mol. The largest absolute Gasteiger partial charge is 0.282 e. The molecule has 0 aliphatic carbocycles. The minimum atomic E-state index is 0.584. The summed E-state index contributed by atoms with van der Waals surface area (Å²) in [5.41, 5.74) is 5.37. The molecule has 0 saturated heterocycles. The lowest BCUT2D eigenvalue weighted by atomic mass is 10.0. The maximum absolute atomic E-state index is 6.58. The van der Waals surface area contributed by atoms with Crippen molar-refractivity contribution in [2.45, 2.75) is 0 Å². The monoisotopic (exact) mass is 449 g/mol. The lowest BCUT2D eigenvalue weighted by Gasteiger charge is -2.09. The van der Waals surface area contributed by atoms with Crippen LogP contribution in [0.5, 0.6) is 0 Å². The highest BCUT2D eigenvalue weighted by molar-refractivity contribution is 6.33. The zero-order chi connectivity index (χ0) is 20.7. The number of benzene rings is 3. The summed E-state index contributed by atoms with van der Waals surface area (Å²) in [5, 5.41) is 1.98. The van der Waals surface area contributed by atoms with Crippen LogP contribution in [0.2, 0.25) is 15.1 Å². The smallest absolute Gasteiger partial charge is 0.234 e. The van der Waals surface area contributed by atoms with E-state index in [-0.39, 0.29) is 0 Å². The minimum Gasteiger partial charge on any atom is -0.282 e. The van der Waals surface area contributed by atoms with Gasteiger partial charge in [0.2, 0.25) is 5.78 Å². The van der Waals surface area contributed by atoms with E-state index in [1.54, 1.807) is 6.20 Å². The summed E-state index contributed by atoms with van der Waals surface area (Å²) in [5.74, 6) is 0.584. The van der Waals surface area contributed by atoms with Gasteiger partial charge in [-0.25, -0.2) is 9.97 Å². The first-order valence-corrected chi connectivity index (χ1v) is 10.4. The Hall–Kier alpha value is -2.85. The van der Waals surface area contributed by atoms with Crippen molar-refractivity contribution in [3.05, 3.63) is 100 Å². The van der Waals surface area contributed by atoms with E-state index in [1.807, 2.05) is 83.4 Å². The number of halogens is 3. The van der Waals surface area contributed by atoms with E-state index in [1.165, 1.54) is 0 Å². The highest BCUT2D eigenvalue weighted by Crippen LogP contribution is 2.37. The van der Waals surface area contributed by atoms with Gasteiger partial charge >= 0.3 is 0 Å². The molecule has 30 heavy (non-hydrogen) atoms. The van der Waals surface area contributed by atoms with Crippen LogP contribution in [0.3, 0.4) is 0 Å². The number of imidazole rings is 1. The topological polar surface area (TPSA) is 30.2 Å². The van der Waals surface area contributed by atoms with E-state index < -0.39 is 0 Å². The first kappa shape index (κ1) is 19.1. The predicted molar refractivity (Wildman–Crippen MR) is 124 cm³/mol. The van der Waals surface area contributed by atoms with Crippen molar-refractivity contribution in [2.24, 2.45) is 0 Å². The van der Waals surface area contributed by atoms with Crippen molar-refractivity contribution in [3.63, 3.8) is 0 Å². The molecule has 2 aromatic heterocycles. The van der Waals surface area contributed by atoms with Gasteiger partial charge < -0.3 is 0 Å². The van der Waals surface area contributed by atoms with Gasteiger partial charge in [0.05, 0.1) is 11.4 Å². The number of hydrogen-bond donors (Lipinski definition) is 0. The molecule has 0 fully saturated rings. The van der Waals surface area contributed by atoms with Crippen molar-refractivity contribution >= 4 is 40.6 Å². The maximum atomic E-state index is 6.58. The number of aromatic nitrogens is 3. The van der Waals surface area contributed by atoms with Gasteiger partial charge in [0.25, 0.3) is 0 Å².